The van der Waals surface area contributed by atoms with Gasteiger partial charge in [-0.15, -0.1) is 0 Å². The van der Waals surface area contributed by atoms with Gasteiger partial charge in [0.25, 0.3) is 0 Å². The van der Waals surface area contributed by atoms with E-state index in [0.717, 1.165) is 52.1 Å². The summed E-state index contributed by atoms with van der Waals surface area (Å²) in [6.45, 7) is 11.4. The van der Waals surface area contributed by atoms with E-state index in [1.807, 2.05) is 6.07 Å². The number of methoxy groups -OCH3 is 1. The SMILES string of the molecule is CCc1nc(C(C)C)ccc1-c1nc2c(C)cn(C(CC)COC)c2cc1Cl. The molecule has 1 atom stereocenters. The van der Waals surface area contributed by atoms with Crippen LogP contribution < -0.4 is 0 Å². The van der Waals surface area contributed by atoms with Crippen molar-refractivity contribution in [1.29, 1.82) is 0 Å². The Kier molecular flexibility index (Phi) is 6.41. The molecule has 0 aliphatic rings. The topological polar surface area (TPSA) is 39.9 Å². The van der Waals surface area contributed by atoms with Gasteiger partial charge >= 0.3 is 0 Å². The van der Waals surface area contributed by atoms with Gasteiger partial charge in [0.2, 0.25) is 0 Å². The molecule has 4 nitrogen and oxygen atoms in total. The third kappa shape index (κ3) is 3.81. The maximum Gasteiger partial charge on any atom is 0.0918 e. The predicted octanol–water partition coefficient (Wildman–Crippen LogP) is 6.34. The molecule has 0 aliphatic carbocycles. The van der Waals surface area contributed by atoms with Crippen molar-refractivity contribution in [2.75, 3.05) is 13.7 Å². The maximum atomic E-state index is 6.74. The van der Waals surface area contributed by atoms with Crippen LogP contribution in [-0.4, -0.2) is 28.3 Å². The second-order valence-electron chi connectivity index (χ2n) is 7.66. The fraction of sp³-hybridized carbons (Fsp3) is 0.478. The first-order valence-electron chi connectivity index (χ1n) is 10.1. The Morgan fingerprint density at radius 2 is 1.93 bits per heavy atom. The fourth-order valence-electron chi connectivity index (χ4n) is 3.71. The number of aryl methyl sites for hydroxylation is 2. The van der Waals surface area contributed by atoms with Crippen LogP contribution >= 0.6 is 11.6 Å². The highest BCUT2D eigenvalue weighted by Gasteiger charge is 2.19. The smallest absolute Gasteiger partial charge is 0.0918 e. The molecule has 0 fully saturated rings. The van der Waals surface area contributed by atoms with E-state index in [4.69, 9.17) is 26.3 Å². The Morgan fingerprint density at radius 3 is 2.54 bits per heavy atom. The van der Waals surface area contributed by atoms with Gasteiger partial charge < -0.3 is 9.30 Å². The standard InChI is InChI=1S/C23H30ClN3O/c1-7-16(13-28-6)27-12-15(5)22-21(27)11-18(24)23(26-22)17-9-10-20(14(3)4)25-19(17)8-2/h9-12,14,16H,7-8,13H2,1-6H3. The van der Waals surface area contributed by atoms with Gasteiger partial charge in [0.05, 0.1) is 34.4 Å². The van der Waals surface area contributed by atoms with Gasteiger partial charge in [0.1, 0.15) is 0 Å². The third-order valence-electron chi connectivity index (χ3n) is 5.34. The van der Waals surface area contributed by atoms with Crippen LogP contribution in [0.2, 0.25) is 5.02 Å². The van der Waals surface area contributed by atoms with Crippen LogP contribution in [0.5, 0.6) is 0 Å². The number of hydrogen-bond acceptors (Lipinski definition) is 3. The van der Waals surface area contributed by atoms with Crippen LogP contribution in [0.3, 0.4) is 0 Å². The Balaban J connectivity index is 2.17. The van der Waals surface area contributed by atoms with E-state index in [1.165, 1.54) is 0 Å². The highest BCUT2D eigenvalue weighted by molar-refractivity contribution is 6.33. The minimum Gasteiger partial charge on any atom is -0.383 e. The van der Waals surface area contributed by atoms with Crippen LogP contribution in [0, 0.1) is 6.92 Å². The van der Waals surface area contributed by atoms with Gasteiger partial charge in [0, 0.05) is 30.3 Å². The summed E-state index contributed by atoms with van der Waals surface area (Å²) in [6, 6.07) is 6.52. The quantitative estimate of drug-likeness (QED) is 0.465. The summed E-state index contributed by atoms with van der Waals surface area (Å²) >= 11 is 6.74. The number of halogens is 1. The van der Waals surface area contributed by atoms with Gasteiger partial charge in [-0.1, -0.05) is 39.3 Å². The molecule has 3 aromatic rings. The van der Waals surface area contributed by atoms with Crippen molar-refractivity contribution in [3.05, 3.63) is 46.4 Å². The molecule has 150 valence electrons. The number of aromatic nitrogens is 3. The normalized spacial score (nSPS) is 12.9. The summed E-state index contributed by atoms with van der Waals surface area (Å²) in [7, 11) is 1.74. The lowest BCUT2D eigenvalue weighted by molar-refractivity contribution is 0.155. The first-order chi connectivity index (χ1) is 13.4. The zero-order valence-corrected chi connectivity index (χ0v) is 18.5. The Morgan fingerprint density at radius 1 is 1.18 bits per heavy atom. The summed E-state index contributed by atoms with van der Waals surface area (Å²) in [5.41, 5.74) is 7.17. The number of pyridine rings is 2. The van der Waals surface area contributed by atoms with E-state index in [0.29, 0.717) is 17.5 Å². The first-order valence-corrected chi connectivity index (χ1v) is 10.5. The molecule has 0 aromatic carbocycles. The first kappa shape index (κ1) is 20.8. The van der Waals surface area contributed by atoms with E-state index in [-0.39, 0.29) is 6.04 Å². The minimum atomic E-state index is 0.267. The molecule has 0 saturated heterocycles. The van der Waals surface area contributed by atoms with Crippen molar-refractivity contribution < 1.29 is 4.74 Å². The molecule has 0 aliphatic heterocycles. The molecule has 0 saturated carbocycles. The summed E-state index contributed by atoms with van der Waals surface area (Å²) < 4.78 is 7.66. The molecular formula is C23H30ClN3O. The number of fused-ring (bicyclic) bond motifs is 1. The van der Waals surface area contributed by atoms with Gasteiger partial charge in [-0.05, 0) is 49.4 Å². The summed E-state index contributed by atoms with van der Waals surface area (Å²) in [6.07, 6.45) is 3.99. The second kappa shape index (κ2) is 8.62. The summed E-state index contributed by atoms with van der Waals surface area (Å²) in [5, 5.41) is 0.660. The average Bonchev–Trinajstić information content (AvgIpc) is 3.00. The van der Waals surface area contributed by atoms with E-state index >= 15 is 0 Å². The van der Waals surface area contributed by atoms with E-state index in [2.05, 4.69) is 57.5 Å². The minimum absolute atomic E-state index is 0.267. The number of rotatable bonds is 7. The molecular weight excluding hydrogens is 370 g/mol. The zero-order valence-electron chi connectivity index (χ0n) is 17.7. The van der Waals surface area contributed by atoms with Crippen molar-refractivity contribution in [3.63, 3.8) is 0 Å². The molecule has 3 heterocycles. The van der Waals surface area contributed by atoms with Gasteiger partial charge in [-0.25, -0.2) is 4.98 Å². The Labute approximate surface area is 172 Å². The molecule has 3 aromatic heterocycles. The molecule has 28 heavy (non-hydrogen) atoms. The highest BCUT2D eigenvalue weighted by Crippen LogP contribution is 2.35. The van der Waals surface area contributed by atoms with Crippen molar-refractivity contribution >= 4 is 22.6 Å². The lowest BCUT2D eigenvalue weighted by Crippen LogP contribution is -2.12. The van der Waals surface area contributed by atoms with Crippen molar-refractivity contribution in [3.8, 4) is 11.3 Å². The molecule has 0 bridgehead atoms. The van der Waals surface area contributed by atoms with Crippen LogP contribution in [-0.2, 0) is 11.2 Å². The van der Waals surface area contributed by atoms with Gasteiger partial charge in [-0.3, -0.25) is 4.98 Å². The number of hydrogen-bond donors (Lipinski definition) is 0. The van der Waals surface area contributed by atoms with E-state index in [9.17, 15) is 0 Å². The summed E-state index contributed by atoms with van der Waals surface area (Å²) in [5.74, 6) is 0.397. The summed E-state index contributed by atoms with van der Waals surface area (Å²) in [4.78, 5) is 9.85. The second-order valence-corrected chi connectivity index (χ2v) is 8.07. The molecule has 0 radical (unpaired) electrons. The third-order valence-corrected chi connectivity index (χ3v) is 5.63. The maximum absolute atomic E-state index is 6.74. The Hall–Kier alpha value is -1.91. The largest absolute Gasteiger partial charge is 0.383 e. The molecule has 5 heteroatoms. The molecule has 0 N–H and O–H groups in total. The number of ether oxygens (including phenoxy) is 1. The van der Waals surface area contributed by atoms with Crippen LogP contribution in [0.1, 0.15) is 63.0 Å². The fourth-order valence-corrected chi connectivity index (χ4v) is 3.96. The van der Waals surface area contributed by atoms with E-state index in [1.54, 1.807) is 7.11 Å². The molecule has 0 amide bonds. The van der Waals surface area contributed by atoms with Crippen molar-refractivity contribution in [2.45, 2.75) is 59.4 Å². The lowest BCUT2D eigenvalue weighted by atomic mass is 10.0. The predicted molar refractivity (Wildman–Crippen MR) is 117 cm³/mol. The van der Waals surface area contributed by atoms with Crippen molar-refractivity contribution in [2.24, 2.45) is 0 Å². The molecule has 1 unspecified atom stereocenters. The number of nitrogens with zero attached hydrogens (tertiary/aromatic N) is 3. The monoisotopic (exact) mass is 399 g/mol. The molecule has 3 rings (SSSR count). The van der Waals surface area contributed by atoms with E-state index < -0.39 is 0 Å². The lowest BCUT2D eigenvalue weighted by Gasteiger charge is -2.18. The van der Waals surface area contributed by atoms with Crippen molar-refractivity contribution in [1.82, 2.24) is 14.5 Å². The van der Waals surface area contributed by atoms with Crippen LogP contribution in [0.25, 0.3) is 22.3 Å². The molecule has 0 spiro atoms. The zero-order chi connectivity index (χ0) is 20.4. The van der Waals surface area contributed by atoms with Crippen LogP contribution in [0.4, 0.5) is 0 Å². The van der Waals surface area contributed by atoms with Crippen LogP contribution in [0.15, 0.2) is 24.4 Å². The highest BCUT2D eigenvalue weighted by atomic mass is 35.5. The van der Waals surface area contributed by atoms with Gasteiger partial charge in [0.15, 0.2) is 0 Å². The Bertz CT molecular complexity index is 978. The van der Waals surface area contributed by atoms with Gasteiger partial charge in [-0.2, -0.15) is 0 Å². The average molecular weight is 400 g/mol.